The molecule has 1 saturated carbocycles. The molecule has 0 spiro atoms. The van der Waals surface area contributed by atoms with Crippen LogP contribution in [0.25, 0.3) is 10.9 Å². The van der Waals surface area contributed by atoms with Gasteiger partial charge in [0.2, 0.25) is 0 Å². The van der Waals surface area contributed by atoms with Crippen LogP contribution in [0.1, 0.15) is 12.8 Å². The number of hydrogen-bond donors (Lipinski definition) is 1. The SMILES string of the molecule is Fc1cccc2c1ccn2CCNC1CC1. The number of aromatic nitrogens is 1. The van der Waals surface area contributed by atoms with E-state index >= 15 is 0 Å². The van der Waals surface area contributed by atoms with Crippen molar-refractivity contribution in [1.82, 2.24) is 9.88 Å². The number of fused-ring (bicyclic) bond motifs is 1. The zero-order chi connectivity index (χ0) is 11.0. The van der Waals surface area contributed by atoms with E-state index in [1.54, 1.807) is 6.07 Å². The molecular formula is C13H15FN2. The molecule has 1 aromatic carbocycles. The van der Waals surface area contributed by atoms with Gasteiger partial charge in [-0.05, 0) is 31.0 Å². The van der Waals surface area contributed by atoms with Crippen molar-refractivity contribution in [2.75, 3.05) is 6.54 Å². The van der Waals surface area contributed by atoms with E-state index in [9.17, 15) is 4.39 Å². The van der Waals surface area contributed by atoms with Gasteiger partial charge < -0.3 is 9.88 Å². The predicted molar refractivity (Wildman–Crippen MR) is 62.9 cm³/mol. The van der Waals surface area contributed by atoms with Crippen molar-refractivity contribution in [3.8, 4) is 0 Å². The van der Waals surface area contributed by atoms with Gasteiger partial charge in [-0.15, -0.1) is 0 Å². The fourth-order valence-corrected chi connectivity index (χ4v) is 2.06. The minimum Gasteiger partial charge on any atom is -0.346 e. The Morgan fingerprint density at radius 1 is 1.31 bits per heavy atom. The van der Waals surface area contributed by atoms with E-state index in [0.29, 0.717) is 5.39 Å². The monoisotopic (exact) mass is 218 g/mol. The molecule has 0 amide bonds. The van der Waals surface area contributed by atoms with E-state index in [1.807, 2.05) is 18.3 Å². The van der Waals surface area contributed by atoms with Crippen LogP contribution in [-0.2, 0) is 6.54 Å². The quantitative estimate of drug-likeness (QED) is 0.834. The van der Waals surface area contributed by atoms with Gasteiger partial charge in [-0.3, -0.25) is 0 Å². The Labute approximate surface area is 94.1 Å². The largest absolute Gasteiger partial charge is 0.346 e. The number of benzene rings is 1. The summed E-state index contributed by atoms with van der Waals surface area (Å²) in [7, 11) is 0. The van der Waals surface area contributed by atoms with Crippen LogP contribution in [0.4, 0.5) is 4.39 Å². The van der Waals surface area contributed by atoms with Crippen molar-refractivity contribution in [2.24, 2.45) is 0 Å². The number of nitrogens with zero attached hydrogens (tertiary/aromatic N) is 1. The number of rotatable bonds is 4. The normalized spacial score (nSPS) is 15.8. The maximum absolute atomic E-state index is 13.4. The smallest absolute Gasteiger partial charge is 0.132 e. The highest BCUT2D eigenvalue weighted by Crippen LogP contribution is 2.20. The first kappa shape index (κ1) is 9.85. The van der Waals surface area contributed by atoms with Crippen LogP contribution >= 0.6 is 0 Å². The molecule has 2 aromatic rings. The summed E-state index contributed by atoms with van der Waals surface area (Å²) in [6, 6.07) is 7.83. The summed E-state index contributed by atoms with van der Waals surface area (Å²) in [4.78, 5) is 0. The summed E-state index contributed by atoms with van der Waals surface area (Å²) >= 11 is 0. The number of nitrogens with one attached hydrogen (secondary N) is 1. The molecule has 0 bridgehead atoms. The number of hydrogen-bond acceptors (Lipinski definition) is 1. The summed E-state index contributed by atoms with van der Waals surface area (Å²) in [5, 5.41) is 4.18. The Kier molecular flexibility index (Phi) is 2.40. The molecule has 84 valence electrons. The molecule has 0 unspecified atom stereocenters. The highest BCUT2D eigenvalue weighted by atomic mass is 19.1. The van der Waals surface area contributed by atoms with Gasteiger partial charge in [-0.1, -0.05) is 6.07 Å². The van der Waals surface area contributed by atoms with Crippen molar-refractivity contribution in [2.45, 2.75) is 25.4 Å². The molecule has 3 rings (SSSR count). The van der Waals surface area contributed by atoms with Gasteiger partial charge in [-0.25, -0.2) is 4.39 Å². The lowest BCUT2D eigenvalue weighted by Gasteiger charge is -2.06. The Hall–Kier alpha value is -1.35. The lowest BCUT2D eigenvalue weighted by molar-refractivity contribution is 0.605. The molecule has 0 aliphatic heterocycles. The summed E-state index contributed by atoms with van der Waals surface area (Å²) in [5.74, 6) is -0.133. The van der Waals surface area contributed by atoms with Crippen molar-refractivity contribution in [3.05, 3.63) is 36.3 Å². The lowest BCUT2D eigenvalue weighted by atomic mass is 10.2. The van der Waals surface area contributed by atoms with Crippen LogP contribution in [0.15, 0.2) is 30.5 Å². The lowest BCUT2D eigenvalue weighted by Crippen LogP contribution is -2.21. The van der Waals surface area contributed by atoms with Crippen molar-refractivity contribution >= 4 is 10.9 Å². The summed E-state index contributed by atoms with van der Waals surface area (Å²) in [5.41, 5.74) is 0.984. The molecule has 2 nitrogen and oxygen atoms in total. The van der Waals surface area contributed by atoms with Crippen molar-refractivity contribution in [1.29, 1.82) is 0 Å². The molecule has 0 saturated heterocycles. The van der Waals surface area contributed by atoms with Gasteiger partial charge in [-0.2, -0.15) is 0 Å². The fourth-order valence-electron chi connectivity index (χ4n) is 2.06. The van der Waals surface area contributed by atoms with Crippen LogP contribution < -0.4 is 5.32 Å². The second-order valence-electron chi connectivity index (χ2n) is 4.41. The van der Waals surface area contributed by atoms with Crippen molar-refractivity contribution < 1.29 is 4.39 Å². The molecular weight excluding hydrogens is 203 g/mol. The fraction of sp³-hybridized carbons (Fsp3) is 0.385. The third kappa shape index (κ3) is 1.83. The highest BCUT2D eigenvalue weighted by molar-refractivity contribution is 5.80. The Morgan fingerprint density at radius 3 is 3.00 bits per heavy atom. The van der Waals surface area contributed by atoms with E-state index in [0.717, 1.165) is 24.6 Å². The third-order valence-corrected chi connectivity index (χ3v) is 3.12. The Morgan fingerprint density at radius 2 is 2.19 bits per heavy atom. The first-order valence-electron chi connectivity index (χ1n) is 5.81. The molecule has 1 aliphatic rings. The van der Waals surface area contributed by atoms with Gasteiger partial charge >= 0.3 is 0 Å². The average molecular weight is 218 g/mol. The van der Waals surface area contributed by atoms with Gasteiger partial charge in [0.15, 0.2) is 0 Å². The van der Waals surface area contributed by atoms with E-state index in [1.165, 1.54) is 18.9 Å². The van der Waals surface area contributed by atoms with Crippen molar-refractivity contribution in [3.63, 3.8) is 0 Å². The molecule has 0 atom stereocenters. The van der Waals surface area contributed by atoms with E-state index < -0.39 is 0 Å². The van der Waals surface area contributed by atoms with E-state index in [4.69, 9.17) is 0 Å². The maximum Gasteiger partial charge on any atom is 0.132 e. The maximum atomic E-state index is 13.4. The topological polar surface area (TPSA) is 17.0 Å². The van der Waals surface area contributed by atoms with Gasteiger partial charge in [0.05, 0.1) is 5.52 Å². The van der Waals surface area contributed by atoms with Gasteiger partial charge in [0.1, 0.15) is 5.82 Å². The molecule has 1 heterocycles. The molecule has 1 N–H and O–H groups in total. The second kappa shape index (κ2) is 3.91. The first-order chi connectivity index (χ1) is 7.84. The van der Waals surface area contributed by atoms with Crippen LogP contribution in [0, 0.1) is 5.82 Å². The number of halogens is 1. The van der Waals surface area contributed by atoms with Gasteiger partial charge in [0, 0.05) is 30.7 Å². The van der Waals surface area contributed by atoms with Crippen LogP contribution in [0.2, 0.25) is 0 Å². The zero-order valence-corrected chi connectivity index (χ0v) is 9.12. The van der Waals surface area contributed by atoms with E-state index in [-0.39, 0.29) is 5.82 Å². The molecule has 1 aliphatic carbocycles. The van der Waals surface area contributed by atoms with Crippen LogP contribution in [0.3, 0.4) is 0 Å². The second-order valence-corrected chi connectivity index (χ2v) is 4.41. The predicted octanol–water partition coefficient (Wildman–Crippen LogP) is 2.53. The molecule has 1 aromatic heterocycles. The molecule has 0 radical (unpaired) electrons. The first-order valence-corrected chi connectivity index (χ1v) is 5.81. The third-order valence-electron chi connectivity index (χ3n) is 3.12. The van der Waals surface area contributed by atoms with Crippen LogP contribution in [-0.4, -0.2) is 17.2 Å². The summed E-state index contributed by atoms with van der Waals surface area (Å²) < 4.78 is 15.5. The zero-order valence-electron chi connectivity index (χ0n) is 9.12. The average Bonchev–Trinajstić information content (AvgIpc) is 3.00. The highest BCUT2D eigenvalue weighted by Gasteiger charge is 2.19. The Balaban J connectivity index is 1.77. The Bertz CT molecular complexity index is 500. The summed E-state index contributed by atoms with van der Waals surface area (Å²) in [6.07, 6.45) is 4.57. The summed E-state index contributed by atoms with van der Waals surface area (Å²) in [6.45, 7) is 1.87. The minimum atomic E-state index is -0.133. The van der Waals surface area contributed by atoms with Gasteiger partial charge in [0.25, 0.3) is 0 Å². The van der Waals surface area contributed by atoms with Crippen LogP contribution in [0.5, 0.6) is 0 Å². The molecule has 1 fully saturated rings. The van der Waals surface area contributed by atoms with E-state index in [2.05, 4.69) is 9.88 Å². The standard InChI is InChI=1S/C13H15FN2/c14-12-2-1-3-13-11(12)6-8-16(13)9-7-15-10-4-5-10/h1-3,6,8,10,15H,4-5,7,9H2. The molecule has 3 heteroatoms. The molecule has 16 heavy (non-hydrogen) atoms. The minimum absolute atomic E-state index is 0.133.